The molecular weight excluding hydrogens is 430 g/mol. The number of ether oxygens (including phenoxy) is 3. The van der Waals surface area contributed by atoms with Crippen LogP contribution in [0.2, 0.25) is 5.02 Å². The van der Waals surface area contributed by atoms with Crippen LogP contribution in [0.5, 0.6) is 17.2 Å². The van der Waals surface area contributed by atoms with Crippen molar-refractivity contribution in [2.45, 2.75) is 18.1 Å². The molecule has 3 aliphatic heterocycles. The van der Waals surface area contributed by atoms with Gasteiger partial charge in [0.15, 0.2) is 11.5 Å². The monoisotopic (exact) mass is 445 g/mol. The van der Waals surface area contributed by atoms with Gasteiger partial charge in [-0.3, -0.25) is 4.99 Å². The van der Waals surface area contributed by atoms with E-state index >= 15 is 0 Å². The lowest BCUT2D eigenvalue weighted by Crippen LogP contribution is -2.28. The summed E-state index contributed by atoms with van der Waals surface area (Å²) in [5, 5.41) is 4.05. The molecule has 0 aliphatic carbocycles. The van der Waals surface area contributed by atoms with E-state index in [-0.39, 0.29) is 11.7 Å². The molecule has 0 fully saturated rings. The molecule has 152 valence electrons. The molecule has 0 amide bonds. The lowest BCUT2D eigenvalue weighted by atomic mass is 9.78. The van der Waals surface area contributed by atoms with Crippen molar-refractivity contribution in [2.75, 3.05) is 6.61 Å². The van der Waals surface area contributed by atoms with Crippen LogP contribution in [0.1, 0.15) is 16.7 Å². The summed E-state index contributed by atoms with van der Waals surface area (Å²) in [6.07, 6.45) is 2.27. The molecule has 0 saturated heterocycles. The Labute approximate surface area is 187 Å². The first-order valence-corrected chi connectivity index (χ1v) is 11.4. The Morgan fingerprint density at radius 2 is 1.87 bits per heavy atom. The number of rotatable bonds is 2. The highest BCUT2D eigenvalue weighted by atomic mass is 35.5. The normalized spacial score (nSPS) is 22.2. The predicted octanol–water partition coefficient (Wildman–Crippen LogP) is 6.29. The zero-order chi connectivity index (χ0) is 20.6. The van der Waals surface area contributed by atoms with E-state index in [9.17, 15) is 0 Å². The van der Waals surface area contributed by atoms with Gasteiger partial charge >= 0.3 is 0 Å². The molecule has 2 unspecified atom stereocenters. The van der Waals surface area contributed by atoms with Gasteiger partial charge in [0.1, 0.15) is 12.4 Å². The number of aliphatic imine (C=N–C) groups is 1. The topological polar surface area (TPSA) is 40.0 Å². The number of halogens is 1. The SMILES string of the molecule is Clc1ccc2scc(CC3Oc4cc5c(cc4O3)C3(C=Nc4ccccc43)CO5)c2c1. The summed E-state index contributed by atoms with van der Waals surface area (Å²) < 4.78 is 19.7. The van der Waals surface area contributed by atoms with Gasteiger partial charge in [-0.1, -0.05) is 29.8 Å². The number of hydrogen-bond donors (Lipinski definition) is 0. The van der Waals surface area contributed by atoms with Gasteiger partial charge in [-0.25, -0.2) is 0 Å². The third kappa shape index (κ3) is 2.51. The first-order chi connectivity index (χ1) is 15.2. The molecule has 31 heavy (non-hydrogen) atoms. The highest BCUT2D eigenvalue weighted by Gasteiger charge is 2.46. The standard InChI is InChI=1S/C25H16ClNO3S/c26-15-5-6-23-16(8-15)14(11-31-23)7-24-29-21-9-18-20(10-22(21)30-24)28-13-25(18)12-27-19-4-2-1-3-17(19)25/h1-6,8-12,24H,7,13H2. The molecule has 1 spiro atoms. The molecule has 4 nitrogen and oxygen atoms in total. The van der Waals surface area contributed by atoms with Gasteiger partial charge in [-0.05, 0) is 52.2 Å². The molecule has 3 aliphatic rings. The minimum atomic E-state index is -0.380. The Kier molecular flexibility index (Phi) is 3.56. The van der Waals surface area contributed by atoms with Crippen LogP contribution in [0.25, 0.3) is 10.1 Å². The van der Waals surface area contributed by atoms with Gasteiger partial charge < -0.3 is 14.2 Å². The number of hydrogen-bond acceptors (Lipinski definition) is 5. The second-order valence-corrected chi connectivity index (χ2v) is 9.45. The number of benzene rings is 3. The number of nitrogens with zero attached hydrogens (tertiary/aromatic N) is 1. The summed E-state index contributed by atoms with van der Waals surface area (Å²) in [6.45, 7) is 0.539. The number of thiophene rings is 1. The molecule has 2 atom stereocenters. The maximum absolute atomic E-state index is 6.22. The van der Waals surface area contributed by atoms with Crippen LogP contribution >= 0.6 is 22.9 Å². The van der Waals surface area contributed by atoms with E-state index in [1.165, 1.54) is 15.8 Å². The summed E-state index contributed by atoms with van der Waals surface area (Å²) in [6, 6.07) is 18.2. The summed E-state index contributed by atoms with van der Waals surface area (Å²) in [5.74, 6) is 2.31. The highest BCUT2D eigenvalue weighted by molar-refractivity contribution is 7.17. The van der Waals surface area contributed by atoms with Gasteiger partial charge in [-0.15, -0.1) is 11.3 Å². The van der Waals surface area contributed by atoms with Gasteiger partial charge in [0.2, 0.25) is 6.29 Å². The van der Waals surface area contributed by atoms with Crippen LogP contribution in [-0.4, -0.2) is 19.1 Å². The fraction of sp³-hybridized carbons (Fsp3) is 0.160. The third-order valence-electron chi connectivity index (χ3n) is 6.31. The van der Waals surface area contributed by atoms with Crippen molar-refractivity contribution in [3.05, 3.63) is 81.7 Å². The fourth-order valence-corrected chi connectivity index (χ4v) is 5.92. The van der Waals surface area contributed by atoms with Crippen molar-refractivity contribution in [3.63, 3.8) is 0 Å². The van der Waals surface area contributed by atoms with Crippen LogP contribution in [0.15, 0.2) is 65.0 Å². The Balaban J connectivity index is 1.22. The number of para-hydroxylation sites is 1. The Bertz CT molecular complexity index is 1410. The maximum Gasteiger partial charge on any atom is 0.245 e. The predicted molar refractivity (Wildman–Crippen MR) is 123 cm³/mol. The van der Waals surface area contributed by atoms with E-state index in [0.717, 1.165) is 38.9 Å². The molecule has 6 heteroatoms. The van der Waals surface area contributed by atoms with Gasteiger partial charge in [0, 0.05) is 34.0 Å². The fourth-order valence-electron chi connectivity index (χ4n) is 4.79. The summed E-state index contributed by atoms with van der Waals surface area (Å²) in [5.41, 5.74) is 4.07. The molecule has 4 heterocycles. The zero-order valence-corrected chi connectivity index (χ0v) is 17.9. The Morgan fingerprint density at radius 1 is 1.00 bits per heavy atom. The summed E-state index contributed by atoms with van der Waals surface area (Å²) in [7, 11) is 0. The van der Waals surface area contributed by atoms with Crippen molar-refractivity contribution in [1.29, 1.82) is 0 Å². The van der Waals surface area contributed by atoms with Crippen LogP contribution < -0.4 is 14.2 Å². The molecule has 7 rings (SSSR count). The van der Waals surface area contributed by atoms with E-state index in [0.29, 0.717) is 13.0 Å². The molecule has 0 radical (unpaired) electrons. The van der Waals surface area contributed by atoms with Crippen LogP contribution in [0, 0.1) is 0 Å². The second kappa shape index (κ2) is 6.25. The van der Waals surface area contributed by atoms with E-state index in [4.69, 9.17) is 25.8 Å². The minimum Gasteiger partial charge on any atom is -0.491 e. The lowest BCUT2D eigenvalue weighted by Gasteiger charge is -2.20. The van der Waals surface area contributed by atoms with Crippen LogP contribution in [0.3, 0.4) is 0 Å². The van der Waals surface area contributed by atoms with E-state index in [1.807, 2.05) is 42.6 Å². The largest absolute Gasteiger partial charge is 0.491 e. The Hall–Kier alpha value is -3.02. The molecule has 0 N–H and O–H groups in total. The minimum absolute atomic E-state index is 0.358. The number of fused-ring (bicyclic) bond motifs is 6. The van der Waals surface area contributed by atoms with Crippen molar-refractivity contribution in [1.82, 2.24) is 0 Å². The van der Waals surface area contributed by atoms with Gasteiger partial charge in [-0.2, -0.15) is 0 Å². The highest BCUT2D eigenvalue weighted by Crippen LogP contribution is 2.53. The molecule has 0 bridgehead atoms. The van der Waals surface area contributed by atoms with Crippen LogP contribution in [0.4, 0.5) is 5.69 Å². The molecule has 1 aromatic heterocycles. The quantitative estimate of drug-likeness (QED) is 0.364. The zero-order valence-electron chi connectivity index (χ0n) is 16.3. The van der Waals surface area contributed by atoms with E-state index in [2.05, 4.69) is 28.6 Å². The lowest BCUT2D eigenvalue weighted by molar-refractivity contribution is 0.0505. The summed E-state index contributed by atoms with van der Waals surface area (Å²) >= 11 is 7.92. The van der Waals surface area contributed by atoms with Crippen molar-refractivity contribution in [3.8, 4) is 17.2 Å². The van der Waals surface area contributed by atoms with Gasteiger partial charge in [0.05, 0.1) is 11.1 Å². The first kappa shape index (κ1) is 17.6. The van der Waals surface area contributed by atoms with E-state index in [1.54, 1.807) is 11.3 Å². The first-order valence-electron chi connectivity index (χ1n) is 10.1. The Morgan fingerprint density at radius 3 is 2.81 bits per heavy atom. The van der Waals surface area contributed by atoms with Crippen molar-refractivity contribution < 1.29 is 14.2 Å². The van der Waals surface area contributed by atoms with Crippen molar-refractivity contribution in [2.24, 2.45) is 4.99 Å². The smallest absolute Gasteiger partial charge is 0.245 e. The molecule has 3 aromatic carbocycles. The van der Waals surface area contributed by atoms with E-state index < -0.39 is 0 Å². The molecular formula is C25H16ClNO3S. The summed E-state index contributed by atoms with van der Waals surface area (Å²) in [4.78, 5) is 4.64. The molecule has 4 aromatic rings. The average Bonchev–Trinajstić information content (AvgIpc) is 3.54. The van der Waals surface area contributed by atoms with Crippen molar-refractivity contribution >= 4 is 44.9 Å². The maximum atomic E-state index is 6.22. The average molecular weight is 446 g/mol. The van der Waals surface area contributed by atoms with Gasteiger partial charge in [0.25, 0.3) is 0 Å². The second-order valence-electron chi connectivity index (χ2n) is 8.10. The molecule has 0 saturated carbocycles. The third-order valence-corrected chi connectivity index (χ3v) is 7.56. The van der Waals surface area contributed by atoms with Crippen LogP contribution in [-0.2, 0) is 11.8 Å².